The number of ether oxygens (including phenoxy) is 5. The smallest absolute Gasteiger partial charge is 0.303 e. The second-order valence-electron chi connectivity index (χ2n) is 7.07. The molecule has 1 aromatic rings. The molecule has 0 radical (unpaired) electrons. The first-order valence-electron chi connectivity index (χ1n) is 9.63. The molecule has 1 saturated heterocycles. The minimum Gasteiger partial charge on any atom is -0.463 e. The number of benzene rings is 1. The third-order valence-electron chi connectivity index (χ3n) is 4.40. The second-order valence-corrected chi connectivity index (χ2v) is 10.0. The zero-order chi connectivity index (χ0) is 24.9. The van der Waals surface area contributed by atoms with E-state index in [4.69, 9.17) is 23.7 Å². The molecule has 0 amide bonds. The predicted molar refractivity (Wildman–Crippen MR) is 113 cm³/mol. The molecule has 1 aromatic carbocycles. The third-order valence-corrected chi connectivity index (χ3v) is 6.85. The van der Waals surface area contributed by atoms with Crippen molar-refractivity contribution in [2.75, 3.05) is 6.61 Å². The number of carbonyl (C=O) groups is 4. The van der Waals surface area contributed by atoms with Crippen molar-refractivity contribution in [2.24, 2.45) is 0 Å². The largest absolute Gasteiger partial charge is 0.463 e. The molecule has 182 valence electrons. The highest BCUT2D eigenvalue weighted by molar-refractivity contribution is 9.10. The Morgan fingerprint density at radius 3 is 1.79 bits per heavy atom. The van der Waals surface area contributed by atoms with Crippen LogP contribution in [0.1, 0.15) is 27.7 Å². The molecule has 1 aliphatic heterocycles. The highest BCUT2D eigenvalue weighted by Gasteiger charge is 2.56. The first-order chi connectivity index (χ1) is 15.3. The maximum absolute atomic E-state index is 13.4. The highest BCUT2D eigenvalue weighted by atomic mass is 79.9. The van der Waals surface area contributed by atoms with E-state index in [1.165, 1.54) is 24.3 Å². The monoisotopic (exact) mass is 550 g/mol. The van der Waals surface area contributed by atoms with E-state index in [1.807, 2.05) is 0 Å². The molecule has 0 aromatic heterocycles. The molecule has 0 bridgehead atoms. The fourth-order valence-electron chi connectivity index (χ4n) is 3.20. The Bertz CT molecular complexity index is 1010. The van der Waals surface area contributed by atoms with Crippen molar-refractivity contribution in [3.05, 3.63) is 28.7 Å². The van der Waals surface area contributed by atoms with Crippen molar-refractivity contribution in [1.82, 2.24) is 0 Å². The maximum Gasteiger partial charge on any atom is 0.303 e. The molecule has 0 N–H and O–H groups in total. The van der Waals surface area contributed by atoms with E-state index in [0.29, 0.717) is 4.47 Å². The molecule has 0 spiro atoms. The van der Waals surface area contributed by atoms with E-state index < -0.39 is 70.2 Å². The average Bonchev–Trinajstić information content (AvgIpc) is 2.68. The fourth-order valence-corrected chi connectivity index (χ4v) is 5.10. The number of hydrogen-bond acceptors (Lipinski definition) is 11. The predicted octanol–water partition coefficient (Wildman–Crippen LogP) is 1.31. The van der Waals surface area contributed by atoms with Gasteiger partial charge in [0, 0.05) is 32.2 Å². The van der Waals surface area contributed by atoms with E-state index in [2.05, 4.69) is 15.9 Å². The molecule has 11 nitrogen and oxygen atoms in total. The molecule has 2 rings (SSSR count). The van der Waals surface area contributed by atoms with Gasteiger partial charge in [0.25, 0.3) is 0 Å². The van der Waals surface area contributed by atoms with Gasteiger partial charge in [0.05, 0.1) is 4.90 Å². The van der Waals surface area contributed by atoms with Gasteiger partial charge in [-0.2, -0.15) is 0 Å². The van der Waals surface area contributed by atoms with Crippen LogP contribution in [-0.4, -0.2) is 68.8 Å². The minimum atomic E-state index is -4.36. The maximum atomic E-state index is 13.4. The van der Waals surface area contributed by atoms with Crippen LogP contribution in [0.15, 0.2) is 33.6 Å². The van der Waals surface area contributed by atoms with E-state index in [-0.39, 0.29) is 4.90 Å². The van der Waals surface area contributed by atoms with Crippen molar-refractivity contribution in [3.8, 4) is 0 Å². The van der Waals surface area contributed by atoms with Gasteiger partial charge in [0.15, 0.2) is 18.3 Å². The summed E-state index contributed by atoms with van der Waals surface area (Å²) in [5, 5.41) is 0. The van der Waals surface area contributed by atoms with Gasteiger partial charge in [0.2, 0.25) is 15.3 Å². The number of hydrogen-bond donors (Lipinski definition) is 0. The summed E-state index contributed by atoms with van der Waals surface area (Å²) in [6.07, 6.45) is -6.06. The van der Waals surface area contributed by atoms with Crippen LogP contribution in [0.4, 0.5) is 0 Å². The molecule has 13 heteroatoms. The van der Waals surface area contributed by atoms with Crippen molar-refractivity contribution in [1.29, 1.82) is 0 Å². The molecule has 0 aliphatic carbocycles. The normalized spacial score (nSPS) is 24.9. The second kappa shape index (κ2) is 11.1. The van der Waals surface area contributed by atoms with Gasteiger partial charge in [0.1, 0.15) is 12.7 Å². The standard InChI is InChI=1S/C20H23BrO11S/c1-10(22)28-9-16-17(29-11(2)23)18(30-12(3)24)19(31-13(4)25)20(32-16)33(26,27)15-7-5-14(21)6-8-15/h5-8,16-20H,9H2,1-4H3/t16-,17-,18+,19-,20+/m1/s1. The molecule has 33 heavy (non-hydrogen) atoms. The number of rotatable bonds is 7. The third kappa shape index (κ3) is 6.98. The van der Waals surface area contributed by atoms with Crippen LogP contribution in [0.25, 0.3) is 0 Å². The number of halogens is 1. The van der Waals surface area contributed by atoms with Crippen LogP contribution >= 0.6 is 15.9 Å². The van der Waals surface area contributed by atoms with E-state index in [1.54, 1.807) is 0 Å². The van der Waals surface area contributed by atoms with Crippen LogP contribution in [0.2, 0.25) is 0 Å². The lowest BCUT2D eigenvalue weighted by Crippen LogP contribution is -2.64. The molecule has 1 heterocycles. The van der Waals surface area contributed by atoms with Gasteiger partial charge in [-0.3, -0.25) is 19.2 Å². The zero-order valence-corrected chi connectivity index (χ0v) is 20.6. The van der Waals surface area contributed by atoms with Crippen LogP contribution in [0.3, 0.4) is 0 Å². The SMILES string of the molecule is CC(=O)OC[C@H]1O[C@@H](S(=O)(=O)c2ccc(Br)cc2)[C@H](OC(C)=O)[C@@H](OC(C)=O)[C@@H]1OC(C)=O. The van der Waals surface area contributed by atoms with Gasteiger partial charge >= 0.3 is 23.9 Å². The summed E-state index contributed by atoms with van der Waals surface area (Å²) >= 11 is 3.21. The Labute approximate surface area is 198 Å². The van der Waals surface area contributed by atoms with Crippen LogP contribution < -0.4 is 0 Å². The Balaban J connectivity index is 2.62. The molecule has 1 aliphatic rings. The summed E-state index contributed by atoms with van der Waals surface area (Å²) in [5.41, 5.74) is -1.88. The Hall–Kier alpha value is -2.51. The van der Waals surface area contributed by atoms with Gasteiger partial charge < -0.3 is 23.7 Å². The van der Waals surface area contributed by atoms with Gasteiger partial charge in [-0.15, -0.1) is 0 Å². The Kier molecular flexibility index (Phi) is 8.97. The van der Waals surface area contributed by atoms with E-state index >= 15 is 0 Å². The molecule has 1 fully saturated rings. The lowest BCUT2D eigenvalue weighted by atomic mass is 9.99. The molecule has 0 saturated carbocycles. The Morgan fingerprint density at radius 1 is 0.818 bits per heavy atom. The summed E-state index contributed by atoms with van der Waals surface area (Å²) in [6.45, 7) is 3.73. The van der Waals surface area contributed by atoms with Gasteiger partial charge in [-0.05, 0) is 24.3 Å². The van der Waals surface area contributed by atoms with Crippen molar-refractivity contribution < 1.29 is 51.3 Å². The average molecular weight is 551 g/mol. The summed E-state index contributed by atoms with van der Waals surface area (Å²) in [5.74, 6) is -3.28. The highest BCUT2D eigenvalue weighted by Crippen LogP contribution is 2.34. The molecule has 0 unspecified atom stereocenters. The number of esters is 4. The topological polar surface area (TPSA) is 149 Å². The van der Waals surface area contributed by atoms with Crippen LogP contribution in [0.5, 0.6) is 0 Å². The van der Waals surface area contributed by atoms with Gasteiger partial charge in [-0.1, -0.05) is 15.9 Å². The first-order valence-corrected chi connectivity index (χ1v) is 12.0. The van der Waals surface area contributed by atoms with E-state index in [0.717, 1.165) is 27.7 Å². The van der Waals surface area contributed by atoms with E-state index in [9.17, 15) is 27.6 Å². The molecular weight excluding hydrogens is 528 g/mol. The number of carbonyl (C=O) groups excluding carboxylic acids is 4. The van der Waals surface area contributed by atoms with Crippen LogP contribution in [-0.2, 0) is 52.7 Å². The lowest BCUT2D eigenvalue weighted by Gasteiger charge is -2.43. The summed E-state index contributed by atoms with van der Waals surface area (Å²) in [4.78, 5) is 46.6. The quantitative estimate of drug-likeness (QED) is 0.357. The van der Waals surface area contributed by atoms with Crippen LogP contribution in [0, 0.1) is 0 Å². The van der Waals surface area contributed by atoms with Gasteiger partial charge in [-0.25, -0.2) is 8.42 Å². The van der Waals surface area contributed by atoms with Crippen molar-refractivity contribution >= 4 is 49.6 Å². The summed E-state index contributed by atoms with van der Waals surface area (Å²) in [7, 11) is -4.36. The van der Waals surface area contributed by atoms with Crippen molar-refractivity contribution in [3.63, 3.8) is 0 Å². The molecule has 5 atom stereocenters. The first kappa shape index (κ1) is 26.7. The summed E-state index contributed by atoms with van der Waals surface area (Å²) < 4.78 is 53.8. The lowest BCUT2D eigenvalue weighted by molar-refractivity contribution is -0.238. The van der Waals surface area contributed by atoms with Crippen molar-refractivity contribution in [2.45, 2.75) is 62.4 Å². The summed E-state index contributed by atoms with van der Waals surface area (Å²) in [6, 6.07) is 5.57. The minimum absolute atomic E-state index is 0.174. The Morgan fingerprint density at radius 2 is 1.30 bits per heavy atom. The molecular formula is C20H23BrO11S. The zero-order valence-electron chi connectivity index (χ0n) is 18.2. The number of sulfone groups is 1. The fraction of sp³-hybridized carbons (Fsp3) is 0.500.